The van der Waals surface area contributed by atoms with Crippen molar-refractivity contribution in [3.05, 3.63) is 117 Å². The quantitative estimate of drug-likeness (QED) is 0.290. The Morgan fingerprint density at radius 2 is 1.12 bits per heavy atom. The molecule has 0 unspecified atom stereocenters. The van der Waals surface area contributed by atoms with Gasteiger partial charge in [-0.2, -0.15) is 0 Å². The molecule has 32 heavy (non-hydrogen) atoms. The first-order valence-corrected chi connectivity index (χ1v) is 11.5. The van der Waals surface area contributed by atoms with E-state index in [9.17, 15) is 0 Å². The average Bonchev–Trinajstić information content (AvgIpc) is 2.72. The van der Waals surface area contributed by atoms with Crippen LogP contribution in [0.1, 0.15) is 56.1 Å². The van der Waals surface area contributed by atoms with E-state index in [1.807, 2.05) is 0 Å². The molecule has 162 valence electrons. The molecule has 0 aromatic heterocycles. The number of nitrogens with zero attached hydrogens (tertiary/aromatic N) is 1. The van der Waals surface area contributed by atoms with Gasteiger partial charge in [0.05, 0.1) is 0 Å². The molecule has 4 aromatic carbocycles. The summed E-state index contributed by atoms with van der Waals surface area (Å²) in [5.41, 5.74) is 11.8. The zero-order valence-electron chi connectivity index (χ0n) is 20.2. The fourth-order valence-corrected chi connectivity index (χ4v) is 5.17. The lowest BCUT2D eigenvalue weighted by Gasteiger charge is -2.23. The van der Waals surface area contributed by atoms with Crippen molar-refractivity contribution in [2.24, 2.45) is 4.99 Å². The summed E-state index contributed by atoms with van der Waals surface area (Å²) in [7, 11) is 0. The topological polar surface area (TPSA) is 12.4 Å². The lowest BCUT2D eigenvalue weighted by atomic mass is 9.85. The Kier molecular flexibility index (Phi) is 6.28. The number of aliphatic imine (C=N–C) groups is 1. The van der Waals surface area contributed by atoms with E-state index in [2.05, 4.69) is 114 Å². The van der Waals surface area contributed by atoms with Crippen LogP contribution in [-0.4, -0.2) is 6.21 Å². The van der Waals surface area contributed by atoms with Crippen molar-refractivity contribution in [2.75, 3.05) is 0 Å². The SMILES string of the molecule is Cc1cc(C)c(C(N=CCc2ccc3ccccc3c2)c2c(C)cc(C)cc2C)c(C)c1. The van der Waals surface area contributed by atoms with E-state index in [1.165, 1.54) is 60.8 Å². The second-order valence-electron chi connectivity index (χ2n) is 9.24. The molecular weight excluding hydrogens is 386 g/mol. The third kappa shape index (κ3) is 4.53. The molecule has 0 spiro atoms. The van der Waals surface area contributed by atoms with Gasteiger partial charge in [-0.25, -0.2) is 0 Å². The van der Waals surface area contributed by atoms with E-state index < -0.39 is 0 Å². The van der Waals surface area contributed by atoms with Gasteiger partial charge in [0.15, 0.2) is 0 Å². The number of fused-ring (bicyclic) bond motifs is 1. The maximum Gasteiger partial charge on any atom is 0.101 e. The van der Waals surface area contributed by atoms with E-state index in [0.29, 0.717) is 0 Å². The van der Waals surface area contributed by atoms with Crippen molar-refractivity contribution >= 4 is 17.0 Å². The Labute approximate surface area is 192 Å². The summed E-state index contributed by atoms with van der Waals surface area (Å²) in [4.78, 5) is 5.22. The minimum Gasteiger partial charge on any atom is -0.284 e. The normalized spacial score (nSPS) is 11.7. The van der Waals surface area contributed by atoms with Crippen LogP contribution >= 0.6 is 0 Å². The van der Waals surface area contributed by atoms with E-state index in [-0.39, 0.29) is 6.04 Å². The van der Waals surface area contributed by atoms with Crippen molar-refractivity contribution in [3.8, 4) is 0 Å². The van der Waals surface area contributed by atoms with Crippen LogP contribution in [0.25, 0.3) is 10.8 Å². The van der Waals surface area contributed by atoms with Crippen LogP contribution in [0.5, 0.6) is 0 Å². The molecule has 0 saturated carbocycles. The third-order valence-corrected chi connectivity index (χ3v) is 6.42. The Hall–Kier alpha value is -3.19. The lowest BCUT2D eigenvalue weighted by molar-refractivity contribution is 0.835. The molecule has 0 amide bonds. The highest BCUT2D eigenvalue weighted by molar-refractivity contribution is 5.83. The van der Waals surface area contributed by atoms with Crippen LogP contribution < -0.4 is 0 Å². The maximum atomic E-state index is 5.22. The standard InChI is InChI=1S/C31H33N/c1-20-15-22(3)29(23(4)16-20)31(30-24(5)17-21(2)18-25(30)6)32-14-13-26-11-12-27-9-7-8-10-28(27)19-26/h7-12,14-19,31H,13H2,1-6H3. The predicted octanol–water partition coefficient (Wildman–Crippen LogP) is 8.09. The maximum absolute atomic E-state index is 5.22. The summed E-state index contributed by atoms with van der Waals surface area (Å²) in [5.74, 6) is 0. The summed E-state index contributed by atoms with van der Waals surface area (Å²) in [5, 5.41) is 2.56. The van der Waals surface area contributed by atoms with Gasteiger partial charge in [0, 0.05) is 12.6 Å². The summed E-state index contributed by atoms with van der Waals surface area (Å²) in [6.45, 7) is 13.2. The van der Waals surface area contributed by atoms with Crippen molar-refractivity contribution in [1.29, 1.82) is 0 Å². The van der Waals surface area contributed by atoms with Gasteiger partial charge in [-0.3, -0.25) is 4.99 Å². The van der Waals surface area contributed by atoms with Gasteiger partial charge in [0.1, 0.15) is 6.04 Å². The van der Waals surface area contributed by atoms with Crippen molar-refractivity contribution < 1.29 is 0 Å². The first-order chi connectivity index (χ1) is 15.3. The zero-order valence-corrected chi connectivity index (χ0v) is 20.2. The van der Waals surface area contributed by atoms with Gasteiger partial charge in [-0.1, -0.05) is 77.9 Å². The molecule has 0 N–H and O–H groups in total. The molecule has 0 aliphatic heterocycles. The molecule has 0 saturated heterocycles. The lowest BCUT2D eigenvalue weighted by Crippen LogP contribution is -2.09. The van der Waals surface area contributed by atoms with E-state index in [1.54, 1.807) is 0 Å². The van der Waals surface area contributed by atoms with Crippen LogP contribution in [0.4, 0.5) is 0 Å². The number of hydrogen-bond acceptors (Lipinski definition) is 1. The molecule has 0 heterocycles. The fraction of sp³-hybridized carbons (Fsp3) is 0.258. The smallest absolute Gasteiger partial charge is 0.101 e. The summed E-state index contributed by atoms with van der Waals surface area (Å²) >= 11 is 0. The van der Waals surface area contributed by atoms with Crippen molar-refractivity contribution in [3.63, 3.8) is 0 Å². The molecule has 0 aliphatic carbocycles. The van der Waals surface area contributed by atoms with Crippen LogP contribution in [0.15, 0.2) is 71.7 Å². The first-order valence-electron chi connectivity index (χ1n) is 11.5. The second kappa shape index (κ2) is 9.12. The van der Waals surface area contributed by atoms with Crippen molar-refractivity contribution in [2.45, 2.75) is 54.0 Å². The highest BCUT2D eigenvalue weighted by atomic mass is 14.8. The molecular formula is C31H33N. The number of hydrogen-bond donors (Lipinski definition) is 0. The van der Waals surface area contributed by atoms with E-state index in [0.717, 1.165) is 6.42 Å². The highest BCUT2D eigenvalue weighted by Gasteiger charge is 2.21. The van der Waals surface area contributed by atoms with Gasteiger partial charge in [-0.05, 0) is 91.3 Å². The molecule has 1 heteroatoms. The minimum atomic E-state index is 0.0108. The molecule has 0 atom stereocenters. The molecule has 4 rings (SSSR count). The fourth-order valence-electron chi connectivity index (χ4n) is 5.17. The Morgan fingerprint density at radius 3 is 1.66 bits per heavy atom. The number of aryl methyl sites for hydroxylation is 6. The summed E-state index contributed by atoms with van der Waals surface area (Å²) < 4.78 is 0. The third-order valence-electron chi connectivity index (χ3n) is 6.42. The zero-order chi connectivity index (χ0) is 22.8. The molecule has 0 fully saturated rings. The van der Waals surface area contributed by atoms with Crippen molar-refractivity contribution in [1.82, 2.24) is 0 Å². The largest absolute Gasteiger partial charge is 0.284 e. The van der Waals surface area contributed by atoms with Crippen LogP contribution in [0.3, 0.4) is 0 Å². The molecule has 4 aromatic rings. The van der Waals surface area contributed by atoms with Crippen LogP contribution in [0, 0.1) is 41.5 Å². The molecule has 0 bridgehead atoms. The van der Waals surface area contributed by atoms with E-state index >= 15 is 0 Å². The van der Waals surface area contributed by atoms with Crippen LogP contribution in [0.2, 0.25) is 0 Å². The van der Waals surface area contributed by atoms with Gasteiger partial charge >= 0.3 is 0 Å². The molecule has 1 nitrogen and oxygen atoms in total. The Balaban J connectivity index is 1.76. The first kappa shape index (κ1) is 22.0. The second-order valence-corrected chi connectivity index (χ2v) is 9.24. The Bertz CT molecular complexity index is 1210. The summed E-state index contributed by atoms with van der Waals surface area (Å²) in [6, 6.07) is 24.4. The highest BCUT2D eigenvalue weighted by Crippen LogP contribution is 2.36. The van der Waals surface area contributed by atoms with Gasteiger partial charge < -0.3 is 0 Å². The number of rotatable bonds is 5. The van der Waals surface area contributed by atoms with E-state index in [4.69, 9.17) is 4.99 Å². The minimum absolute atomic E-state index is 0.0108. The summed E-state index contributed by atoms with van der Waals surface area (Å²) in [6.07, 6.45) is 2.95. The van der Waals surface area contributed by atoms with Crippen LogP contribution in [-0.2, 0) is 6.42 Å². The van der Waals surface area contributed by atoms with Gasteiger partial charge in [-0.15, -0.1) is 0 Å². The average molecular weight is 420 g/mol. The Morgan fingerprint density at radius 1 is 0.625 bits per heavy atom. The predicted molar refractivity (Wildman–Crippen MR) is 139 cm³/mol. The van der Waals surface area contributed by atoms with Gasteiger partial charge in [0.2, 0.25) is 0 Å². The molecule has 0 radical (unpaired) electrons. The number of benzene rings is 4. The van der Waals surface area contributed by atoms with Gasteiger partial charge in [0.25, 0.3) is 0 Å². The monoisotopic (exact) mass is 419 g/mol. The molecule has 0 aliphatic rings.